The monoisotopic (exact) mass is 320 g/mol. The lowest BCUT2D eigenvalue weighted by molar-refractivity contribution is -0.127. The van der Waals surface area contributed by atoms with Gasteiger partial charge in [-0.15, -0.1) is 0 Å². The molecular formula is C16H28N6O. The number of rotatable bonds is 9. The lowest BCUT2D eigenvalue weighted by atomic mass is 10.4. The quantitative estimate of drug-likeness (QED) is 0.402. The summed E-state index contributed by atoms with van der Waals surface area (Å²) >= 11 is 0. The van der Waals surface area contributed by atoms with Gasteiger partial charge < -0.3 is 20.1 Å². The maximum absolute atomic E-state index is 11.5. The first-order valence-electron chi connectivity index (χ1n) is 8.55. The second-order valence-corrected chi connectivity index (χ2v) is 5.68. The number of carbonyl (C=O) groups is 1. The standard InChI is InChI=1S/C16H28N6O/c1-2-18-16(19-7-4-10-21-13-9-17-14-21)20-8-5-12-22-11-3-6-15(22)23/h9,13-14H,2-8,10-12H2,1H3,(H2,18,19,20). The number of aromatic nitrogens is 2. The van der Waals surface area contributed by atoms with Crippen LogP contribution in [0.3, 0.4) is 0 Å². The summed E-state index contributed by atoms with van der Waals surface area (Å²) in [6.45, 7) is 7.20. The van der Waals surface area contributed by atoms with Crippen molar-refractivity contribution in [3.63, 3.8) is 0 Å². The molecule has 0 unspecified atom stereocenters. The smallest absolute Gasteiger partial charge is 0.222 e. The molecule has 1 aliphatic heterocycles. The van der Waals surface area contributed by atoms with E-state index in [1.165, 1.54) is 0 Å². The Hall–Kier alpha value is -2.05. The maximum Gasteiger partial charge on any atom is 0.222 e. The Labute approximate surface area is 138 Å². The van der Waals surface area contributed by atoms with Crippen LogP contribution in [0.4, 0.5) is 0 Å². The van der Waals surface area contributed by atoms with E-state index in [9.17, 15) is 4.79 Å². The first kappa shape index (κ1) is 17.3. The Morgan fingerprint density at radius 2 is 2.26 bits per heavy atom. The molecule has 128 valence electrons. The van der Waals surface area contributed by atoms with E-state index in [1.807, 2.05) is 17.4 Å². The minimum atomic E-state index is 0.296. The molecule has 0 saturated carbocycles. The van der Waals surface area contributed by atoms with Gasteiger partial charge in [0.15, 0.2) is 5.96 Å². The number of hydrogen-bond acceptors (Lipinski definition) is 3. The second-order valence-electron chi connectivity index (χ2n) is 5.68. The van der Waals surface area contributed by atoms with Gasteiger partial charge in [0.2, 0.25) is 5.91 Å². The van der Waals surface area contributed by atoms with Crippen LogP contribution in [0.5, 0.6) is 0 Å². The van der Waals surface area contributed by atoms with E-state index in [0.29, 0.717) is 12.3 Å². The highest BCUT2D eigenvalue weighted by Crippen LogP contribution is 2.09. The molecule has 0 bridgehead atoms. The highest BCUT2D eigenvalue weighted by molar-refractivity contribution is 5.79. The minimum absolute atomic E-state index is 0.296. The van der Waals surface area contributed by atoms with Crippen LogP contribution in [0.1, 0.15) is 32.6 Å². The zero-order valence-corrected chi connectivity index (χ0v) is 14.0. The third kappa shape index (κ3) is 6.30. The Morgan fingerprint density at radius 3 is 2.96 bits per heavy atom. The molecule has 7 nitrogen and oxygen atoms in total. The topological polar surface area (TPSA) is 74.6 Å². The highest BCUT2D eigenvalue weighted by atomic mass is 16.2. The fraction of sp³-hybridized carbons (Fsp3) is 0.688. The van der Waals surface area contributed by atoms with Gasteiger partial charge in [-0.3, -0.25) is 9.79 Å². The number of aliphatic imine (C=N–C) groups is 1. The summed E-state index contributed by atoms with van der Waals surface area (Å²) in [5, 5.41) is 6.59. The minimum Gasteiger partial charge on any atom is -0.357 e. The van der Waals surface area contributed by atoms with Crippen molar-refractivity contribution in [1.29, 1.82) is 0 Å². The molecule has 1 aromatic heterocycles. The Balaban J connectivity index is 1.61. The van der Waals surface area contributed by atoms with Crippen molar-refractivity contribution in [1.82, 2.24) is 25.1 Å². The largest absolute Gasteiger partial charge is 0.357 e. The summed E-state index contributed by atoms with van der Waals surface area (Å²) in [5.41, 5.74) is 0. The summed E-state index contributed by atoms with van der Waals surface area (Å²) in [4.78, 5) is 22.1. The van der Waals surface area contributed by atoms with Gasteiger partial charge in [0.1, 0.15) is 0 Å². The Bertz CT molecular complexity index is 485. The van der Waals surface area contributed by atoms with Crippen LogP contribution in [-0.4, -0.2) is 59.0 Å². The molecule has 1 aromatic rings. The van der Waals surface area contributed by atoms with E-state index >= 15 is 0 Å². The highest BCUT2D eigenvalue weighted by Gasteiger charge is 2.18. The molecule has 1 amide bonds. The van der Waals surface area contributed by atoms with E-state index in [-0.39, 0.29) is 0 Å². The summed E-state index contributed by atoms with van der Waals surface area (Å²) in [6.07, 6.45) is 9.24. The average Bonchev–Trinajstić information content (AvgIpc) is 3.20. The molecule has 1 aliphatic rings. The number of carbonyl (C=O) groups excluding carboxylic acids is 1. The third-order valence-electron chi connectivity index (χ3n) is 3.82. The number of imidazole rings is 1. The van der Waals surface area contributed by atoms with Crippen molar-refractivity contribution in [2.75, 3.05) is 32.7 Å². The molecule has 0 aliphatic carbocycles. The summed E-state index contributed by atoms with van der Waals surface area (Å²) < 4.78 is 2.06. The van der Waals surface area contributed by atoms with Crippen LogP contribution in [-0.2, 0) is 11.3 Å². The second kappa shape index (κ2) is 9.86. The fourth-order valence-electron chi connectivity index (χ4n) is 2.62. The van der Waals surface area contributed by atoms with Crippen LogP contribution in [0.2, 0.25) is 0 Å². The van der Waals surface area contributed by atoms with E-state index in [0.717, 1.165) is 64.5 Å². The molecule has 23 heavy (non-hydrogen) atoms. The van der Waals surface area contributed by atoms with Gasteiger partial charge in [-0.1, -0.05) is 0 Å². The van der Waals surface area contributed by atoms with Crippen molar-refractivity contribution in [3.05, 3.63) is 18.7 Å². The van der Waals surface area contributed by atoms with Crippen LogP contribution in [0, 0.1) is 0 Å². The zero-order chi connectivity index (χ0) is 16.3. The average molecular weight is 320 g/mol. The van der Waals surface area contributed by atoms with Crippen molar-refractivity contribution in [2.45, 2.75) is 39.2 Å². The number of hydrogen-bond donors (Lipinski definition) is 2. The number of guanidine groups is 1. The van der Waals surface area contributed by atoms with Crippen LogP contribution >= 0.6 is 0 Å². The van der Waals surface area contributed by atoms with Gasteiger partial charge in [0.25, 0.3) is 0 Å². The molecule has 0 atom stereocenters. The molecule has 2 heterocycles. The van der Waals surface area contributed by atoms with Gasteiger partial charge in [0.05, 0.1) is 6.33 Å². The zero-order valence-electron chi connectivity index (χ0n) is 14.0. The van der Waals surface area contributed by atoms with Gasteiger partial charge in [-0.25, -0.2) is 4.98 Å². The number of nitrogens with zero attached hydrogens (tertiary/aromatic N) is 4. The Morgan fingerprint density at radius 1 is 1.35 bits per heavy atom. The van der Waals surface area contributed by atoms with Crippen molar-refractivity contribution in [3.8, 4) is 0 Å². The maximum atomic E-state index is 11.5. The van der Waals surface area contributed by atoms with Gasteiger partial charge in [0, 0.05) is 58.1 Å². The van der Waals surface area contributed by atoms with Crippen molar-refractivity contribution >= 4 is 11.9 Å². The normalized spacial score (nSPS) is 15.3. The summed E-state index contributed by atoms with van der Waals surface area (Å²) in [7, 11) is 0. The van der Waals surface area contributed by atoms with Crippen LogP contribution in [0.25, 0.3) is 0 Å². The fourth-order valence-corrected chi connectivity index (χ4v) is 2.62. The number of amides is 1. The first-order valence-corrected chi connectivity index (χ1v) is 8.55. The van der Waals surface area contributed by atoms with Gasteiger partial charge >= 0.3 is 0 Å². The number of likely N-dealkylation sites (tertiary alicyclic amines) is 1. The third-order valence-corrected chi connectivity index (χ3v) is 3.82. The van der Waals surface area contributed by atoms with Gasteiger partial charge in [-0.2, -0.15) is 0 Å². The molecule has 1 fully saturated rings. The predicted octanol–water partition coefficient (Wildman–Crippen LogP) is 0.841. The van der Waals surface area contributed by atoms with Gasteiger partial charge in [-0.05, 0) is 26.2 Å². The number of nitrogens with one attached hydrogen (secondary N) is 2. The van der Waals surface area contributed by atoms with Crippen LogP contribution in [0.15, 0.2) is 23.7 Å². The SMILES string of the molecule is CCNC(=NCCCn1ccnc1)NCCCN1CCCC1=O. The van der Waals surface area contributed by atoms with E-state index < -0.39 is 0 Å². The molecule has 2 N–H and O–H groups in total. The van der Waals surface area contributed by atoms with Crippen molar-refractivity contribution < 1.29 is 4.79 Å². The van der Waals surface area contributed by atoms with Crippen molar-refractivity contribution in [2.24, 2.45) is 4.99 Å². The first-order chi connectivity index (χ1) is 11.3. The molecular weight excluding hydrogens is 292 g/mol. The molecule has 0 aromatic carbocycles. The van der Waals surface area contributed by atoms with E-state index in [2.05, 4.69) is 32.1 Å². The van der Waals surface area contributed by atoms with E-state index in [4.69, 9.17) is 0 Å². The van der Waals surface area contributed by atoms with Crippen LogP contribution < -0.4 is 10.6 Å². The Kier molecular flexibility index (Phi) is 7.42. The molecule has 0 radical (unpaired) electrons. The lowest BCUT2D eigenvalue weighted by Crippen LogP contribution is -2.39. The summed E-state index contributed by atoms with van der Waals surface area (Å²) in [5.74, 6) is 1.15. The summed E-state index contributed by atoms with van der Waals surface area (Å²) in [6, 6.07) is 0. The van der Waals surface area contributed by atoms with E-state index in [1.54, 1.807) is 6.20 Å². The lowest BCUT2D eigenvalue weighted by Gasteiger charge is -2.16. The molecule has 2 rings (SSSR count). The molecule has 7 heteroatoms. The molecule has 1 saturated heterocycles. The number of aryl methyl sites for hydroxylation is 1. The predicted molar refractivity (Wildman–Crippen MR) is 91.3 cm³/mol. The molecule has 0 spiro atoms.